The Bertz CT molecular complexity index is 693. The lowest BCUT2D eigenvalue weighted by molar-refractivity contribution is -0.126. The fourth-order valence-electron chi connectivity index (χ4n) is 2.37. The van der Waals surface area contributed by atoms with Gasteiger partial charge in [0.2, 0.25) is 0 Å². The maximum atomic E-state index is 12.7. The molecule has 0 spiro atoms. The highest BCUT2D eigenvalue weighted by Gasteiger charge is 2.39. The molecule has 0 saturated carbocycles. The lowest BCUT2D eigenvalue weighted by atomic mass is 10.3. The molecule has 1 amide bonds. The summed E-state index contributed by atoms with van der Waals surface area (Å²) < 4.78 is 0.584. The quantitative estimate of drug-likeness (QED) is 0.842. The van der Waals surface area contributed by atoms with Crippen LogP contribution in [0.15, 0.2) is 60.7 Å². The predicted molar refractivity (Wildman–Crippen MR) is 101 cm³/mol. The minimum Gasteiger partial charge on any atom is -0.383 e. The number of nitrogens with zero attached hydrogens (tertiary/aromatic N) is 2. The van der Waals surface area contributed by atoms with Crippen molar-refractivity contribution in [2.45, 2.75) is 5.25 Å². The molecule has 1 fully saturated rings. The first-order valence-electron chi connectivity index (χ1n) is 7.29. The van der Waals surface area contributed by atoms with Crippen molar-refractivity contribution in [3.05, 3.63) is 60.7 Å². The van der Waals surface area contributed by atoms with Crippen LogP contribution >= 0.6 is 24.0 Å². The van der Waals surface area contributed by atoms with E-state index >= 15 is 0 Å². The van der Waals surface area contributed by atoms with E-state index in [0.717, 1.165) is 11.4 Å². The van der Waals surface area contributed by atoms with Crippen LogP contribution in [0.2, 0.25) is 0 Å². The van der Waals surface area contributed by atoms with Crippen molar-refractivity contribution < 1.29 is 4.79 Å². The third-order valence-corrected chi connectivity index (χ3v) is 5.08. The SMILES string of the molecule is CN(c1ccccc1)N1C(=O)C(CNc2ccccc2)SC1=S. The van der Waals surface area contributed by atoms with Crippen LogP contribution in [-0.4, -0.2) is 34.1 Å². The van der Waals surface area contributed by atoms with Crippen LogP contribution in [0, 0.1) is 0 Å². The van der Waals surface area contributed by atoms with E-state index in [1.165, 1.54) is 11.8 Å². The summed E-state index contributed by atoms with van der Waals surface area (Å²) >= 11 is 6.83. The van der Waals surface area contributed by atoms with Crippen molar-refractivity contribution in [1.82, 2.24) is 5.01 Å². The highest BCUT2D eigenvalue weighted by atomic mass is 32.2. The number of hydrogen-bond acceptors (Lipinski definition) is 5. The monoisotopic (exact) mass is 343 g/mol. The molecule has 0 aromatic heterocycles. The Morgan fingerprint density at radius 1 is 1.13 bits per heavy atom. The van der Waals surface area contributed by atoms with Gasteiger partial charge in [-0.3, -0.25) is 9.80 Å². The van der Waals surface area contributed by atoms with E-state index in [1.54, 1.807) is 10.0 Å². The molecule has 0 aliphatic carbocycles. The zero-order valence-corrected chi connectivity index (χ0v) is 14.3. The fourth-order valence-corrected chi connectivity index (χ4v) is 3.86. The van der Waals surface area contributed by atoms with Crippen LogP contribution in [0.5, 0.6) is 0 Å². The molecular weight excluding hydrogens is 326 g/mol. The molecular formula is C17H17N3OS2. The van der Waals surface area contributed by atoms with Crippen molar-refractivity contribution in [2.24, 2.45) is 0 Å². The summed E-state index contributed by atoms with van der Waals surface area (Å²) in [7, 11) is 1.85. The van der Waals surface area contributed by atoms with E-state index in [2.05, 4.69) is 5.32 Å². The first-order valence-corrected chi connectivity index (χ1v) is 8.58. The van der Waals surface area contributed by atoms with Crippen LogP contribution in [0.3, 0.4) is 0 Å². The molecule has 2 aromatic rings. The summed E-state index contributed by atoms with van der Waals surface area (Å²) in [5.74, 6) is 0.00906. The number of amides is 1. The number of thioether (sulfide) groups is 1. The number of nitrogens with one attached hydrogen (secondary N) is 1. The third kappa shape index (κ3) is 3.48. The number of rotatable bonds is 5. The molecule has 1 unspecified atom stereocenters. The average molecular weight is 343 g/mol. The highest BCUT2D eigenvalue weighted by molar-refractivity contribution is 8.24. The van der Waals surface area contributed by atoms with E-state index in [9.17, 15) is 4.79 Å². The molecule has 2 aromatic carbocycles. The van der Waals surface area contributed by atoms with Gasteiger partial charge in [-0.15, -0.1) is 0 Å². The van der Waals surface area contributed by atoms with E-state index in [0.29, 0.717) is 10.9 Å². The Morgan fingerprint density at radius 3 is 2.39 bits per heavy atom. The van der Waals surface area contributed by atoms with Gasteiger partial charge in [-0.05, 0) is 24.3 Å². The van der Waals surface area contributed by atoms with Gasteiger partial charge < -0.3 is 5.32 Å². The van der Waals surface area contributed by atoms with Gasteiger partial charge in [0.1, 0.15) is 5.25 Å². The number of benzene rings is 2. The Labute approximate surface area is 145 Å². The van der Waals surface area contributed by atoms with Gasteiger partial charge in [0.25, 0.3) is 5.91 Å². The number of hydrogen-bond donors (Lipinski definition) is 1. The number of carbonyl (C=O) groups excluding carboxylic acids is 1. The van der Waals surface area contributed by atoms with Crippen molar-refractivity contribution in [3.8, 4) is 0 Å². The van der Waals surface area contributed by atoms with E-state index in [4.69, 9.17) is 12.2 Å². The van der Waals surface area contributed by atoms with Crippen LogP contribution in [0.1, 0.15) is 0 Å². The summed E-state index contributed by atoms with van der Waals surface area (Å²) in [5.41, 5.74) is 1.93. The Kier molecular flexibility index (Phi) is 4.83. The molecule has 0 radical (unpaired) electrons. The molecule has 1 saturated heterocycles. The lowest BCUT2D eigenvalue weighted by Gasteiger charge is -2.29. The number of anilines is 2. The van der Waals surface area contributed by atoms with Gasteiger partial charge in [0.05, 0.1) is 5.69 Å². The molecule has 1 aliphatic heterocycles. The van der Waals surface area contributed by atoms with Crippen LogP contribution < -0.4 is 10.3 Å². The summed E-state index contributed by atoms with van der Waals surface area (Å²) in [6.07, 6.45) is 0. The molecule has 118 valence electrons. The van der Waals surface area contributed by atoms with Crippen LogP contribution in [0.4, 0.5) is 11.4 Å². The van der Waals surface area contributed by atoms with Gasteiger partial charge in [-0.2, -0.15) is 0 Å². The number of hydrazine groups is 1. The Balaban J connectivity index is 1.68. The largest absolute Gasteiger partial charge is 0.383 e. The predicted octanol–water partition coefficient (Wildman–Crippen LogP) is 3.38. The Hall–Kier alpha value is -2.05. The molecule has 6 heteroatoms. The summed E-state index contributed by atoms with van der Waals surface area (Å²) in [4.78, 5) is 12.7. The molecule has 1 atom stereocenters. The van der Waals surface area contributed by atoms with Crippen molar-refractivity contribution in [2.75, 3.05) is 23.9 Å². The average Bonchev–Trinajstić information content (AvgIpc) is 2.88. The number of carbonyl (C=O) groups is 1. The minimum absolute atomic E-state index is 0.00906. The fraction of sp³-hybridized carbons (Fsp3) is 0.176. The first-order chi connectivity index (χ1) is 11.2. The zero-order valence-electron chi connectivity index (χ0n) is 12.7. The van der Waals surface area contributed by atoms with Gasteiger partial charge >= 0.3 is 0 Å². The van der Waals surface area contributed by atoms with Gasteiger partial charge in [-0.1, -0.05) is 60.4 Å². The lowest BCUT2D eigenvalue weighted by Crippen LogP contribution is -2.45. The molecule has 1 heterocycles. The third-order valence-electron chi connectivity index (χ3n) is 3.60. The molecule has 1 aliphatic rings. The van der Waals surface area contributed by atoms with Crippen molar-refractivity contribution >= 4 is 45.6 Å². The maximum Gasteiger partial charge on any atom is 0.262 e. The summed E-state index contributed by atoms with van der Waals surface area (Å²) in [6.45, 7) is 0.548. The summed E-state index contributed by atoms with van der Waals surface area (Å²) in [6, 6.07) is 19.6. The molecule has 0 bridgehead atoms. The second-order valence-corrected chi connectivity index (χ2v) is 6.97. The van der Waals surface area contributed by atoms with E-state index in [-0.39, 0.29) is 11.2 Å². The zero-order chi connectivity index (χ0) is 16.2. The normalized spacial score (nSPS) is 17.4. The first kappa shape index (κ1) is 15.8. The molecule has 1 N–H and O–H groups in total. The standard InChI is InChI=1S/C17H17N3OS2/c1-19(14-10-6-3-7-11-14)20-16(21)15(23-17(20)22)12-18-13-8-4-2-5-9-13/h2-11,15,18H,12H2,1H3. The van der Waals surface area contributed by atoms with Crippen molar-refractivity contribution in [1.29, 1.82) is 0 Å². The molecule has 3 rings (SSSR count). The van der Waals surface area contributed by atoms with Gasteiger partial charge in [-0.25, -0.2) is 5.01 Å². The highest BCUT2D eigenvalue weighted by Crippen LogP contribution is 2.30. The topological polar surface area (TPSA) is 35.6 Å². The van der Waals surface area contributed by atoms with E-state index < -0.39 is 0 Å². The minimum atomic E-state index is -0.214. The van der Waals surface area contributed by atoms with E-state index in [1.807, 2.05) is 67.7 Å². The Morgan fingerprint density at radius 2 is 1.74 bits per heavy atom. The number of thiocarbonyl (C=S) groups is 1. The molecule has 4 nitrogen and oxygen atoms in total. The second kappa shape index (κ2) is 7.02. The van der Waals surface area contributed by atoms with Gasteiger partial charge in [0.15, 0.2) is 4.32 Å². The van der Waals surface area contributed by atoms with Gasteiger partial charge in [0, 0.05) is 19.3 Å². The smallest absolute Gasteiger partial charge is 0.262 e. The maximum absolute atomic E-state index is 12.7. The van der Waals surface area contributed by atoms with Crippen LogP contribution in [0.25, 0.3) is 0 Å². The van der Waals surface area contributed by atoms with Crippen LogP contribution in [-0.2, 0) is 4.79 Å². The van der Waals surface area contributed by atoms with Crippen molar-refractivity contribution in [3.63, 3.8) is 0 Å². The summed E-state index contributed by atoms with van der Waals surface area (Å²) in [5, 5.41) is 6.46. The molecule has 23 heavy (non-hydrogen) atoms. The number of para-hydroxylation sites is 2. The second-order valence-electron chi connectivity index (χ2n) is 5.13.